The summed E-state index contributed by atoms with van der Waals surface area (Å²) < 4.78 is 34.3. The predicted octanol–water partition coefficient (Wildman–Crippen LogP) is 3.31. The fourth-order valence-corrected chi connectivity index (χ4v) is 5.23. The molecular weight excluding hydrogens is 420 g/mol. The molecule has 2 aliphatic rings. The fourth-order valence-electron chi connectivity index (χ4n) is 3.26. The van der Waals surface area contributed by atoms with Crippen molar-refractivity contribution >= 4 is 43.2 Å². The molecule has 2 aliphatic heterocycles. The third-order valence-electron chi connectivity index (χ3n) is 4.59. The summed E-state index contributed by atoms with van der Waals surface area (Å²) in [7, 11) is -3.74. The van der Waals surface area contributed by atoms with Gasteiger partial charge in [-0.15, -0.1) is 0 Å². The number of halogens is 1. The second-order valence-corrected chi connectivity index (χ2v) is 9.14. The van der Waals surface area contributed by atoms with Gasteiger partial charge in [0, 0.05) is 11.0 Å². The molecule has 0 saturated heterocycles. The first-order chi connectivity index (χ1) is 12.4. The number of hydrogen-bond donors (Lipinski definition) is 1. The van der Waals surface area contributed by atoms with E-state index in [1.54, 1.807) is 13.0 Å². The molecule has 0 aromatic heterocycles. The fraction of sp³-hybridized carbons (Fsp3) is 0.278. The summed E-state index contributed by atoms with van der Waals surface area (Å²) in [5, 5.41) is 2.70. The maximum atomic E-state index is 13.2. The van der Waals surface area contributed by atoms with E-state index in [9.17, 15) is 13.2 Å². The molecule has 2 aromatic rings. The van der Waals surface area contributed by atoms with E-state index in [4.69, 9.17) is 4.74 Å². The quantitative estimate of drug-likeness (QED) is 0.783. The number of anilines is 2. The summed E-state index contributed by atoms with van der Waals surface area (Å²) in [6.45, 7) is 2.07. The highest BCUT2D eigenvalue weighted by Gasteiger charge is 2.31. The second-order valence-electron chi connectivity index (χ2n) is 6.36. The minimum Gasteiger partial charge on any atom is -0.479 e. The first kappa shape index (κ1) is 17.4. The van der Waals surface area contributed by atoms with Crippen LogP contribution in [-0.4, -0.2) is 27.0 Å². The lowest BCUT2D eigenvalue weighted by Gasteiger charge is -2.31. The van der Waals surface area contributed by atoms with Crippen molar-refractivity contribution in [2.45, 2.75) is 30.8 Å². The van der Waals surface area contributed by atoms with Crippen molar-refractivity contribution in [3.63, 3.8) is 0 Å². The zero-order chi connectivity index (χ0) is 18.5. The number of aryl methyl sites for hydroxylation is 1. The van der Waals surface area contributed by atoms with Crippen LogP contribution in [-0.2, 0) is 21.2 Å². The van der Waals surface area contributed by atoms with Crippen molar-refractivity contribution in [1.29, 1.82) is 0 Å². The first-order valence-corrected chi connectivity index (χ1v) is 10.5. The number of rotatable bonds is 2. The van der Waals surface area contributed by atoms with Crippen LogP contribution in [0.2, 0.25) is 0 Å². The number of hydrogen-bond acceptors (Lipinski definition) is 4. The van der Waals surface area contributed by atoms with E-state index in [0.29, 0.717) is 23.7 Å². The normalized spacial score (nSPS) is 19.2. The smallest absolute Gasteiger partial charge is 0.265 e. The predicted molar refractivity (Wildman–Crippen MR) is 102 cm³/mol. The van der Waals surface area contributed by atoms with Crippen LogP contribution in [0.1, 0.15) is 18.9 Å². The van der Waals surface area contributed by atoms with E-state index in [1.807, 2.05) is 18.2 Å². The SMILES string of the molecule is C[C@H]1Oc2ccc(S(=O)(=O)N3CCCc4cc(Br)ccc43)cc2NC1=O. The van der Waals surface area contributed by atoms with Crippen LogP contribution in [0.3, 0.4) is 0 Å². The van der Waals surface area contributed by atoms with Crippen molar-refractivity contribution < 1.29 is 17.9 Å². The van der Waals surface area contributed by atoms with Crippen molar-refractivity contribution in [2.24, 2.45) is 0 Å². The maximum Gasteiger partial charge on any atom is 0.265 e. The monoisotopic (exact) mass is 436 g/mol. The van der Waals surface area contributed by atoms with Crippen LogP contribution in [0.15, 0.2) is 45.8 Å². The van der Waals surface area contributed by atoms with Gasteiger partial charge in [0.1, 0.15) is 5.75 Å². The Bertz CT molecular complexity index is 1010. The number of fused-ring (bicyclic) bond motifs is 2. The topological polar surface area (TPSA) is 75.7 Å². The molecule has 0 bridgehead atoms. The lowest BCUT2D eigenvalue weighted by molar-refractivity contribution is -0.122. The molecule has 4 rings (SSSR count). The molecule has 1 N–H and O–H groups in total. The molecule has 136 valence electrons. The Kier molecular flexibility index (Phi) is 4.19. The minimum absolute atomic E-state index is 0.130. The molecule has 0 saturated carbocycles. The van der Waals surface area contributed by atoms with Gasteiger partial charge in [0.15, 0.2) is 6.10 Å². The van der Waals surface area contributed by atoms with Crippen molar-refractivity contribution in [1.82, 2.24) is 0 Å². The number of sulfonamides is 1. The molecule has 0 radical (unpaired) electrons. The average Bonchev–Trinajstić information content (AvgIpc) is 2.61. The first-order valence-electron chi connectivity index (χ1n) is 8.29. The Morgan fingerprint density at radius 2 is 2.04 bits per heavy atom. The molecule has 2 heterocycles. The number of carbonyl (C=O) groups excluding carboxylic acids is 1. The van der Waals surface area contributed by atoms with E-state index in [1.165, 1.54) is 16.4 Å². The Morgan fingerprint density at radius 1 is 1.23 bits per heavy atom. The molecule has 0 fully saturated rings. The van der Waals surface area contributed by atoms with Crippen molar-refractivity contribution in [3.8, 4) is 5.75 Å². The number of carbonyl (C=O) groups is 1. The van der Waals surface area contributed by atoms with Crippen LogP contribution in [0.5, 0.6) is 5.75 Å². The zero-order valence-corrected chi connectivity index (χ0v) is 16.4. The van der Waals surface area contributed by atoms with Crippen molar-refractivity contribution in [2.75, 3.05) is 16.2 Å². The summed E-state index contributed by atoms with van der Waals surface area (Å²) in [6.07, 6.45) is 0.995. The van der Waals surface area contributed by atoms with Gasteiger partial charge in [0.25, 0.3) is 15.9 Å². The van der Waals surface area contributed by atoms with Gasteiger partial charge < -0.3 is 10.1 Å². The Hall–Kier alpha value is -2.06. The van der Waals surface area contributed by atoms with Gasteiger partial charge in [-0.05, 0) is 61.7 Å². The molecule has 6 nitrogen and oxygen atoms in total. The van der Waals surface area contributed by atoms with Gasteiger partial charge in [0.05, 0.1) is 16.3 Å². The second kappa shape index (κ2) is 6.28. The van der Waals surface area contributed by atoms with E-state index < -0.39 is 16.1 Å². The van der Waals surface area contributed by atoms with E-state index in [-0.39, 0.29) is 10.8 Å². The van der Waals surface area contributed by atoms with Crippen LogP contribution < -0.4 is 14.4 Å². The highest BCUT2D eigenvalue weighted by Crippen LogP contribution is 2.36. The lowest BCUT2D eigenvalue weighted by Crippen LogP contribution is -2.36. The van der Waals surface area contributed by atoms with Crippen molar-refractivity contribution in [3.05, 3.63) is 46.4 Å². The molecular formula is C18H17BrN2O4S. The van der Waals surface area contributed by atoms with Gasteiger partial charge in [-0.3, -0.25) is 9.10 Å². The summed E-state index contributed by atoms with van der Waals surface area (Å²) in [5.74, 6) is 0.180. The van der Waals surface area contributed by atoms with Gasteiger partial charge >= 0.3 is 0 Å². The molecule has 26 heavy (non-hydrogen) atoms. The van der Waals surface area contributed by atoms with E-state index >= 15 is 0 Å². The largest absolute Gasteiger partial charge is 0.479 e. The lowest BCUT2D eigenvalue weighted by atomic mass is 10.0. The third kappa shape index (κ3) is 2.87. The standard InChI is InChI=1S/C18H17BrN2O4S/c1-11-18(22)20-15-10-14(5-7-17(15)25-11)26(23,24)21-8-2-3-12-9-13(19)4-6-16(12)21/h4-7,9-11H,2-3,8H2,1H3,(H,20,22)/t11-/m1/s1. The summed E-state index contributed by atoms with van der Waals surface area (Å²) in [5.41, 5.74) is 2.07. The molecule has 8 heteroatoms. The molecule has 1 amide bonds. The maximum absolute atomic E-state index is 13.2. The molecule has 0 unspecified atom stereocenters. The molecule has 2 aromatic carbocycles. The van der Waals surface area contributed by atoms with Gasteiger partial charge in [-0.25, -0.2) is 8.42 Å². The van der Waals surface area contributed by atoms with Gasteiger partial charge in [-0.2, -0.15) is 0 Å². The van der Waals surface area contributed by atoms with Crippen LogP contribution in [0.25, 0.3) is 0 Å². The third-order valence-corrected chi connectivity index (χ3v) is 6.89. The average molecular weight is 437 g/mol. The highest BCUT2D eigenvalue weighted by atomic mass is 79.9. The van der Waals surface area contributed by atoms with Crippen LogP contribution in [0, 0.1) is 0 Å². The van der Waals surface area contributed by atoms with Crippen LogP contribution in [0.4, 0.5) is 11.4 Å². The zero-order valence-electron chi connectivity index (χ0n) is 14.0. The van der Waals surface area contributed by atoms with Gasteiger partial charge in [-0.1, -0.05) is 15.9 Å². The number of nitrogens with zero attached hydrogens (tertiary/aromatic N) is 1. The van der Waals surface area contributed by atoms with Gasteiger partial charge in [0.2, 0.25) is 0 Å². The molecule has 0 aliphatic carbocycles. The number of ether oxygens (including phenoxy) is 1. The van der Waals surface area contributed by atoms with Crippen LogP contribution >= 0.6 is 15.9 Å². The Labute approximate surface area is 160 Å². The Morgan fingerprint density at radius 3 is 2.85 bits per heavy atom. The number of nitrogens with one attached hydrogen (secondary N) is 1. The number of benzene rings is 2. The molecule has 1 atom stereocenters. The summed E-state index contributed by atoms with van der Waals surface area (Å²) in [6, 6.07) is 10.2. The molecule has 0 spiro atoms. The Balaban J connectivity index is 1.75. The highest BCUT2D eigenvalue weighted by molar-refractivity contribution is 9.10. The number of amides is 1. The van der Waals surface area contributed by atoms with E-state index in [2.05, 4.69) is 21.2 Å². The summed E-state index contributed by atoms with van der Waals surface area (Å²) in [4.78, 5) is 11.9. The summed E-state index contributed by atoms with van der Waals surface area (Å²) >= 11 is 3.44. The van der Waals surface area contributed by atoms with E-state index in [0.717, 1.165) is 22.9 Å². The minimum atomic E-state index is -3.74.